The van der Waals surface area contributed by atoms with Crippen LogP contribution in [-0.2, 0) is 6.42 Å². The number of thioether (sulfide) groups is 1. The zero-order chi connectivity index (χ0) is 14.5. The monoisotopic (exact) mass is 286 g/mol. The van der Waals surface area contributed by atoms with Crippen LogP contribution in [0.15, 0.2) is 47.4 Å². The van der Waals surface area contributed by atoms with Crippen molar-refractivity contribution in [3.8, 4) is 5.75 Å². The van der Waals surface area contributed by atoms with Crippen LogP contribution in [0.5, 0.6) is 5.75 Å². The molecular formula is C17H18O2S. The lowest BCUT2D eigenvalue weighted by Crippen LogP contribution is -2.05. The van der Waals surface area contributed by atoms with E-state index < -0.39 is 0 Å². The largest absolute Gasteiger partial charge is 0.496 e. The summed E-state index contributed by atoms with van der Waals surface area (Å²) in [5, 5.41) is 0. The zero-order valence-electron chi connectivity index (χ0n) is 12.0. The number of carbonyl (C=O) groups excluding carboxylic acids is 1. The summed E-state index contributed by atoms with van der Waals surface area (Å²) in [6, 6.07) is 13.6. The molecule has 0 heterocycles. The molecule has 0 amide bonds. The number of Topliss-reactive ketones (excluding diaryl/α,β-unsaturated/α-hetero) is 1. The van der Waals surface area contributed by atoms with Crippen LogP contribution >= 0.6 is 11.8 Å². The quantitative estimate of drug-likeness (QED) is 0.610. The fourth-order valence-corrected chi connectivity index (χ4v) is 2.51. The first kappa shape index (κ1) is 14.7. The molecule has 0 unspecified atom stereocenters. The molecule has 20 heavy (non-hydrogen) atoms. The van der Waals surface area contributed by atoms with E-state index in [-0.39, 0.29) is 5.78 Å². The average Bonchev–Trinajstić information content (AvgIpc) is 2.47. The van der Waals surface area contributed by atoms with Gasteiger partial charge in [0, 0.05) is 22.4 Å². The van der Waals surface area contributed by atoms with E-state index in [0.29, 0.717) is 6.42 Å². The third-order valence-electron chi connectivity index (χ3n) is 3.20. The smallest absolute Gasteiger partial charge is 0.167 e. The van der Waals surface area contributed by atoms with Gasteiger partial charge in [0.05, 0.1) is 7.11 Å². The van der Waals surface area contributed by atoms with Crippen molar-refractivity contribution in [2.75, 3.05) is 13.4 Å². The number of hydrogen-bond acceptors (Lipinski definition) is 3. The van der Waals surface area contributed by atoms with Crippen LogP contribution in [0, 0.1) is 6.92 Å². The highest BCUT2D eigenvalue weighted by atomic mass is 32.2. The molecule has 0 aliphatic rings. The van der Waals surface area contributed by atoms with Crippen LogP contribution in [0.1, 0.15) is 21.5 Å². The molecule has 2 aromatic rings. The summed E-state index contributed by atoms with van der Waals surface area (Å²) in [6.45, 7) is 2.01. The number of carbonyl (C=O) groups is 1. The van der Waals surface area contributed by atoms with Gasteiger partial charge in [0.2, 0.25) is 0 Å². The van der Waals surface area contributed by atoms with Crippen molar-refractivity contribution in [3.63, 3.8) is 0 Å². The predicted octanol–water partition coefficient (Wildman–Crippen LogP) is 4.15. The van der Waals surface area contributed by atoms with E-state index in [4.69, 9.17) is 4.74 Å². The summed E-state index contributed by atoms with van der Waals surface area (Å²) in [5.74, 6) is 0.881. The number of hydrogen-bond donors (Lipinski definition) is 0. The number of ether oxygens (including phenoxy) is 1. The third-order valence-corrected chi connectivity index (χ3v) is 3.94. The van der Waals surface area contributed by atoms with E-state index in [9.17, 15) is 4.79 Å². The topological polar surface area (TPSA) is 26.3 Å². The lowest BCUT2D eigenvalue weighted by Gasteiger charge is -2.09. The Hall–Kier alpha value is -1.74. The molecule has 0 fully saturated rings. The van der Waals surface area contributed by atoms with Crippen molar-refractivity contribution >= 4 is 17.5 Å². The summed E-state index contributed by atoms with van der Waals surface area (Å²) >= 11 is 1.67. The van der Waals surface area contributed by atoms with Crippen LogP contribution < -0.4 is 4.74 Å². The van der Waals surface area contributed by atoms with Crippen LogP contribution in [0.25, 0.3) is 0 Å². The van der Waals surface area contributed by atoms with Gasteiger partial charge in [0.25, 0.3) is 0 Å². The number of methoxy groups -OCH3 is 1. The van der Waals surface area contributed by atoms with E-state index in [0.717, 1.165) is 27.3 Å². The van der Waals surface area contributed by atoms with E-state index in [1.54, 1.807) is 18.9 Å². The molecule has 0 aliphatic carbocycles. The number of ketones is 1. The summed E-state index contributed by atoms with van der Waals surface area (Å²) in [4.78, 5) is 13.5. The summed E-state index contributed by atoms with van der Waals surface area (Å²) in [7, 11) is 1.63. The molecule has 0 saturated carbocycles. The maximum Gasteiger partial charge on any atom is 0.167 e. The molecule has 0 saturated heterocycles. The second-order valence-electron chi connectivity index (χ2n) is 4.64. The van der Waals surface area contributed by atoms with E-state index in [1.807, 2.05) is 55.6 Å². The molecule has 0 spiro atoms. The Kier molecular flexibility index (Phi) is 4.85. The van der Waals surface area contributed by atoms with Crippen LogP contribution in [0.3, 0.4) is 0 Å². The normalized spacial score (nSPS) is 10.3. The minimum atomic E-state index is 0.113. The summed E-state index contributed by atoms with van der Waals surface area (Å²) < 4.78 is 5.32. The van der Waals surface area contributed by atoms with Gasteiger partial charge in [0.15, 0.2) is 5.78 Å². The van der Waals surface area contributed by atoms with Crippen molar-refractivity contribution in [2.45, 2.75) is 18.2 Å². The Bertz CT molecular complexity index is 603. The fraction of sp³-hybridized carbons (Fsp3) is 0.235. The molecular weight excluding hydrogens is 268 g/mol. The fourth-order valence-electron chi connectivity index (χ4n) is 2.10. The molecule has 0 N–H and O–H groups in total. The highest BCUT2D eigenvalue weighted by Crippen LogP contribution is 2.22. The van der Waals surface area contributed by atoms with Crippen LogP contribution in [0.2, 0.25) is 0 Å². The Morgan fingerprint density at radius 1 is 1.15 bits per heavy atom. The van der Waals surface area contributed by atoms with Gasteiger partial charge in [-0.05, 0) is 31.4 Å². The van der Waals surface area contributed by atoms with Gasteiger partial charge in [0.1, 0.15) is 5.75 Å². The molecule has 2 nitrogen and oxygen atoms in total. The molecule has 0 aromatic heterocycles. The van der Waals surface area contributed by atoms with Gasteiger partial charge < -0.3 is 4.74 Å². The molecule has 0 radical (unpaired) electrons. The molecule has 3 heteroatoms. The highest BCUT2D eigenvalue weighted by molar-refractivity contribution is 7.98. The predicted molar refractivity (Wildman–Crippen MR) is 84.0 cm³/mol. The second kappa shape index (κ2) is 6.62. The SMILES string of the molecule is COc1ccc(C)cc1CC(=O)c1ccc(SC)cc1. The Balaban J connectivity index is 2.20. The molecule has 0 bridgehead atoms. The molecule has 104 valence electrons. The first-order valence-corrected chi connectivity index (χ1v) is 7.67. The molecule has 2 rings (SSSR count). The Morgan fingerprint density at radius 3 is 2.45 bits per heavy atom. The molecule has 2 aromatic carbocycles. The molecule has 0 atom stereocenters. The summed E-state index contributed by atoms with van der Waals surface area (Å²) in [6.07, 6.45) is 2.39. The lowest BCUT2D eigenvalue weighted by molar-refractivity contribution is 0.0992. The molecule has 0 aliphatic heterocycles. The number of rotatable bonds is 5. The van der Waals surface area contributed by atoms with Gasteiger partial charge in [-0.25, -0.2) is 0 Å². The van der Waals surface area contributed by atoms with E-state index >= 15 is 0 Å². The minimum absolute atomic E-state index is 0.113. The lowest BCUT2D eigenvalue weighted by atomic mass is 10.0. The second-order valence-corrected chi connectivity index (χ2v) is 5.52. The van der Waals surface area contributed by atoms with Gasteiger partial charge in [-0.15, -0.1) is 11.8 Å². The van der Waals surface area contributed by atoms with Gasteiger partial charge in [-0.2, -0.15) is 0 Å². The standard InChI is InChI=1S/C17H18O2S/c1-12-4-9-17(19-2)14(10-12)11-16(18)13-5-7-15(20-3)8-6-13/h4-10H,11H2,1-3H3. The van der Waals surface area contributed by atoms with Gasteiger partial charge >= 0.3 is 0 Å². The third kappa shape index (κ3) is 3.42. The Labute approximate surface area is 124 Å². The van der Waals surface area contributed by atoms with Crippen molar-refractivity contribution in [1.82, 2.24) is 0 Å². The zero-order valence-corrected chi connectivity index (χ0v) is 12.8. The van der Waals surface area contributed by atoms with Crippen molar-refractivity contribution in [1.29, 1.82) is 0 Å². The van der Waals surface area contributed by atoms with Gasteiger partial charge in [-0.1, -0.05) is 29.8 Å². The Morgan fingerprint density at radius 2 is 1.85 bits per heavy atom. The maximum absolute atomic E-state index is 12.3. The number of benzene rings is 2. The first-order chi connectivity index (χ1) is 9.63. The summed E-state index contributed by atoms with van der Waals surface area (Å²) in [5.41, 5.74) is 2.81. The first-order valence-electron chi connectivity index (χ1n) is 6.45. The number of aryl methyl sites for hydroxylation is 1. The van der Waals surface area contributed by atoms with Gasteiger partial charge in [-0.3, -0.25) is 4.79 Å². The average molecular weight is 286 g/mol. The van der Waals surface area contributed by atoms with E-state index in [1.165, 1.54) is 0 Å². The van der Waals surface area contributed by atoms with Crippen LogP contribution in [-0.4, -0.2) is 19.1 Å². The van der Waals surface area contributed by atoms with E-state index in [2.05, 4.69) is 0 Å². The van der Waals surface area contributed by atoms with Crippen molar-refractivity contribution < 1.29 is 9.53 Å². The highest BCUT2D eigenvalue weighted by Gasteiger charge is 2.11. The minimum Gasteiger partial charge on any atom is -0.496 e. The van der Waals surface area contributed by atoms with Crippen molar-refractivity contribution in [2.24, 2.45) is 0 Å². The van der Waals surface area contributed by atoms with Crippen molar-refractivity contribution in [3.05, 3.63) is 59.2 Å². The van der Waals surface area contributed by atoms with Crippen LogP contribution in [0.4, 0.5) is 0 Å². The maximum atomic E-state index is 12.3.